The Morgan fingerprint density at radius 3 is 2.57 bits per heavy atom. The van der Waals surface area contributed by atoms with Gasteiger partial charge < -0.3 is 15.5 Å². The summed E-state index contributed by atoms with van der Waals surface area (Å²) in [5, 5.41) is 6.52. The van der Waals surface area contributed by atoms with E-state index in [1.807, 2.05) is 55.5 Å². The van der Waals surface area contributed by atoms with Gasteiger partial charge in [0.2, 0.25) is 23.4 Å². The zero-order chi connectivity index (χ0) is 26.2. The van der Waals surface area contributed by atoms with Crippen molar-refractivity contribution in [2.24, 2.45) is 0 Å². The van der Waals surface area contributed by atoms with E-state index in [1.165, 1.54) is 12.2 Å². The fourth-order valence-electron chi connectivity index (χ4n) is 4.74. The lowest BCUT2D eigenvalue weighted by atomic mass is 9.94. The van der Waals surface area contributed by atoms with Crippen molar-refractivity contribution in [2.75, 3.05) is 6.54 Å². The molecule has 2 heterocycles. The number of rotatable bonds is 11. The second kappa shape index (κ2) is 12.4. The number of pyridine rings is 1. The van der Waals surface area contributed by atoms with Crippen LogP contribution in [0.25, 0.3) is 0 Å². The van der Waals surface area contributed by atoms with Crippen LogP contribution in [0.5, 0.6) is 0 Å². The number of benzene rings is 1. The molecule has 2 N–H and O–H groups in total. The number of amides is 2. The molecule has 4 rings (SSSR count). The third-order valence-corrected chi connectivity index (χ3v) is 6.67. The Labute approximate surface area is 216 Å². The van der Waals surface area contributed by atoms with Gasteiger partial charge in [-0.15, -0.1) is 0 Å². The molecule has 2 aliphatic rings. The average Bonchev–Trinajstić information content (AvgIpc) is 3.26. The van der Waals surface area contributed by atoms with E-state index in [0.29, 0.717) is 44.3 Å². The first kappa shape index (κ1) is 26.2. The molecule has 1 saturated heterocycles. The van der Waals surface area contributed by atoms with Crippen LogP contribution in [0.2, 0.25) is 0 Å². The minimum atomic E-state index is -0.549. The van der Waals surface area contributed by atoms with E-state index in [0.717, 1.165) is 11.3 Å². The number of nitrogens with zero attached hydrogens (tertiary/aromatic N) is 2. The van der Waals surface area contributed by atoms with Gasteiger partial charge in [0.1, 0.15) is 6.04 Å². The highest BCUT2D eigenvalue weighted by molar-refractivity contribution is 6.46. The summed E-state index contributed by atoms with van der Waals surface area (Å²) in [6.07, 6.45) is 8.10. The second-order valence-electron chi connectivity index (χ2n) is 9.49. The van der Waals surface area contributed by atoms with Crippen LogP contribution in [0.1, 0.15) is 37.4 Å². The molecule has 192 valence electrons. The number of ketones is 2. The molecule has 0 spiro atoms. The highest BCUT2D eigenvalue weighted by Gasteiger charge is 2.36. The normalized spacial score (nSPS) is 19.1. The summed E-state index contributed by atoms with van der Waals surface area (Å²) in [6.45, 7) is 2.92. The summed E-state index contributed by atoms with van der Waals surface area (Å²) in [7, 11) is 0. The van der Waals surface area contributed by atoms with Crippen molar-refractivity contribution in [3.63, 3.8) is 0 Å². The predicted octanol–water partition coefficient (Wildman–Crippen LogP) is 2.30. The monoisotopic (exact) mass is 500 g/mol. The maximum atomic E-state index is 13.2. The van der Waals surface area contributed by atoms with Gasteiger partial charge in [-0.3, -0.25) is 24.2 Å². The Hall–Kier alpha value is -3.91. The first-order chi connectivity index (χ1) is 17.9. The Balaban J connectivity index is 1.39. The average molecular weight is 501 g/mol. The largest absolute Gasteiger partial charge is 0.352 e. The van der Waals surface area contributed by atoms with E-state index in [1.54, 1.807) is 17.2 Å². The fourth-order valence-corrected chi connectivity index (χ4v) is 4.74. The van der Waals surface area contributed by atoms with Crippen LogP contribution in [0.15, 0.2) is 78.5 Å². The SMILES string of the molecule is CC(CC(NCCc1ccccn1)C1=CC(=O)C(=O)C=C1)NC(=O)C1CCC(=O)N1Cc1ccccc1. The van der Waals surface area contributed by atoms with Gasteiger partial charge in [0.05, 0.1) is 0 Å². The Bertz CT molecular complexity index is 1190. The molecule has 2 aromatic rings. The van der Waals surface area contributed by atoms with Gasteiger partial charge >= 0.3 is 0 Å². The summed E-state index contributed by atoms with van der Waals surface area (Å²) in [5.74, 6) is -1.29. The molecule has 1 aromatic heterocycles. The zero-order valence-electron chi connectivity index (χ0n) is 20.9. The van der Waals surface area contributed by atoms with Crippen LogP contribution in [-0.4, -0.2) is 57.9 Å². The minimum absolute atomic E-state index is 0.0219. The molecular weight excluding hydrogens is 468 g/mol. The van der Waals surface area contributed by atoms with Gasteiger partial charge in [-0.2, -0.15) is 0 Å². The third kappa shape index (κ3) is 7.07. The van der Waals surface area contributed by atoms with E-state index in [4.69, 9.17) is 0 Å². The van der Waals surface area contributed by atoms with Crippen molar-refractivity contribution >= 4 is 23.4 Å². The highest BCUT2D eigenvalue weighted by atomic mass is 16.2. The Morgan fingerprint density at radius 1 is 1.05 bits per heavy atom. The number of carbonyl (C=O) groups is 4. The molecule has 3 atom stereocenters. The van der Waals surface area contributed by atoms with Crippen molar-refractivity contribution in [1.82, 2.24) is 20.5 Å². The molecule has 0 radical (unpaired) electrons. The predicted molar refractivity (Wildman–Crippen MR) is 139 cm³/mol. The van der Waals surface area contributed by atoms with E-state index in [-0.39, 0.29) is 23.9 Å². The van der Waals surface area contributed by atoms with Gasteiger partial charge in [0, 0.05) is 49.9 Å². The maximum absolute atomic E-state index is 13.2. The molecule has 8 heteroatoms. The lowest BCUT2D eigenvalue weighted by molar-refractivity contribution is -0.136. The molecule has 1 fully saturated rings. The third-order valence-electron chi connectivity index (χ3n) is 6.67. The summed E-state index contributed by atoms with van der Waals surface area (Å²) in [4.78, 5) is 55.4. The van der Waals surface area contributed by atoms with E-state index in [2.05, 4.69) is 15.6 Å². The highest BCUT2D eigenvalue weighted by Crippen LogP contribution is 2.22. The molecule has 37 heavy (non-hydrogen) atoms. The standard InChI is InChI=1S/C29H32N4O4/c1-20(32-29(37)25-11-13-28(36)33(25)19-21-7-3-2-4-8-21)17-24(22-10-12-26(34)27(35)18-22)31-16-14-23-9-5-6-15-30-23/h2-10,12,15,18,20,24-25,31H,11,13-14,16-17,19H2,1H3,(H,32,37). The lowest BCUT2D eigenvalue weighted by Gasteiger charge is -2.28. The van der Waals surface area contributed by atoms with Crippen molar-refractivity contribution in [2.45, 2.75) is 57.3 Å². The molecule has 1 aliphatic carbocycles. The van der Waals surface area contributed by atoms with Crippen LogP contribution >= 0.6 is 0 Å². The van der Waals surface area contributed by atoms with E-state index in [9.17, 15) is 19.2 Å². The molecule has 8 nitrogen and oxygen atoms in total. The first-order valence-electron chi connectivity index (χ1n) is 12.7. The van der Waals surface area contributed by atoms with Gasteiger partial charge in [0.15, 0.2) is 0 Å². The van der Waals surface area contributed by atoms with Crippen LogP contribution in [0.3, 0.4) is 0 Å². The Morgan fingerprint density at radius 2 is 1.84 bits per heavy atom. The Kier molecular flexibility index (Phi) is 8.74. The van der Waals surface area contributed by atoms with Crippen molar-refractivity contribution in [3.8, 4) is 0 Å². The number of allylic oxidation sites excluding steroid dienone is 2. The van der Waals surface area contributed by atoms with Crippen LogP contribution in [0, 0.1) is 0 Å². The van der Waals surface area contributed by atoms with Crippen molar-refractivity contribution in [1.29, 1.82) is 0 Å². The summed E-state index contributed by atoms with van der Waals surface area (Å²) in [5.41, 5.74) is 2.63. The molecule has 0 bridgehead atoms. The quantitative estimate of drug-likeness (QED) is 0.362. The maximum Gasteiger partial charge on any atom is 0.243 e. The number of hydrogen-bond donors (Lipinski definition) is 2. The summed E-state index contributed by atoms with van der Waals surface area (Å²) in [6, 6.07) is 14.4. The summed E-state index contributed by atoms with van der Waals surface area (Å²) >= 11 is 0. The van der Waals surface area contributed by atoms with Gasteiger partial charge in [-0.1, -0.05) is 42.5 Å². The summed E-state index contributed by atoms with van der Waals surface area (Å²) < 4.78 is 0. The molecule has 1 aromatic carbocycles. The molecule has 1 aliphatic heterocycles. The second-order valence-corrected chi connectivity index (χ2v) is 9.49. The number of nitrogens with one attached hydrogen (secondary N) is 2. The molecule has 0 saturated carbocycles. The van der Waals surface area contributed by atoms with Crippen molar-refractivity contribution < 1.29 is 19.2 Å². The van der Waals surface area contributed by atoms with E-state index < -0.39 is 17.6 Å². The number of likely N-dealkylation sites (tertiary alicyclic amines) is 1. The van der Waals surface area contributed by atoms with Crippen LogP contribution in [0.4, 0.5) is 0 Å². The van der Waals surface area contributed by atoms with Crippen LogP contribution in [-0.2, 0) is 32.1 Å². The molecule has 2 amide bonds. The number of aromatic nitrogens is 1. The minimum Gasteiger partial charge on any atom is -0.352 e. The first-order valence-corrected chi connectivity index (χ1v) is 12.7. The molecule has 3 unspecified atom stereocenters. The van der Waals surface area contributed by atoms with Crippen molar-refractivity contribution in [3.05, 3.63) is 89.8 Å². The fraction of sp³-hybridized carbons (Fsp3) is 0.345. The number of hydrogen-bond acceptors (Lipinski definition) is 6. The van der Waals surface area contributed by atoms with Gasteiger partial charge in [-0.05, 0) is 55.2 Å². The van der Waals surface area contributed by atoms with Crippen LogP contribution < -0.4 is 10.6 Å². The molecular formula is C29H32N4O4. The van der Waals surface area contributed by atoms with Gasteiger partial charge in [-0.25, -0.2) is 0 Å². The van der Waals surface area contributed by atoms with Gasteiger partial charge in [0.25, 0.3) is 0 Å². The number of carbonyl (C=O) groups excluding carboxylic acids is 4. The van der Waals surface area contributed by atoms with E-state index >= 15 is 0 Å². The lowest BCUT2D eigenvalue weighted by Crippen LogP contribution is -2.48. The topological polar surface area (TPSA) is 108 Å². The zero-order valence-corrected chi connectivity index (χ0v) is 20.9. The smallest absolute Gasteiger partial charge is 0.243 e.